The third kappa shape index (κ3) is 2.26. The van der Waals surface area contributed by atoms with Crippen LogP contribution in [0.5, 0.6) is 0 Å². The zero-order valence-electron chi connectivity index (χ0n) is 10.9. The zero-order chi connectivity index (χ0) is 14.2. The molecule has 4 nitrogen and oxygen atoms in total. The predicted molar refractivity (Wildman–Crippen MR) is 74.9 cm³/mol. The summed E-state index contributed by atoms with van der Waals surface area (Å²) in [4.78, 5) is 25.7. The molecule has 2 unspecified atom stereocenters. The fourth-order valence-electron chi connectivity index (χ4n) is 2.06. The number of nitrogens with zero attached hydrogens (tertiary/aromatic N) is 1. The summed E-state index contributed by atoms with van der Waals surface area (Å²) in [6, 6.07) is 4.94. The van der Waals surface area contributed by atoms with Crippen molar-refractivity contribution < 1.29 is 13.8 Å². The van der Waals surface area contributed by atoms with Crippen LogP contribution >= 0.6 is 0 Å². The van der Waals surface area contributed by atoms with Crippen LogP contribution in [0.3, 0.4) is 0 Å². The van der Waals surface area contributed by atoms with Gasteiger partial charge in [-0.3, -0.25) is 13.8 Å². The topological polar surface area (TPSA) is 54.5 Å². The molecule has 5 heteroatoms. The van der Waals surface area contributed by atoms with Gasteiger partial charge in [0.15, 0.2) is 5.78 Å². The first-order valence-corrected chi connectivity index (χ1v) is 7.16. The van der Waals surface area contributed by atoms with E-state index >= 15 is 0 Å². The molecule has 0 radical (unpaired) electrons. The van der Waals surface area contributed by atoms with E-state index in [0.717, 1.165) is 0 Å². The van der Waals surface area contributed by atoms with Gasteiger partial charge in [-0.1, -0.05) is 12.1 Å². The van der Waals surface area contributed by atoms with Gasteiger partial charge in [0.2, 0.25) is 5.91 Å². The van der Waals surface area contributed by atoms with E-state index in [-0.39, 0.29) is 11.7 Å². The highest BCUT2D eigenvalue weighted by Gasteiger charge is 2.35. The number of benzene rings is 1. The molecule has 0 aliphatic carbocycles. The molecule has 0 saturated heterocycles. The molecule has 0 spiro atoms. The normalized spacial score (nSPS) is 22.0. The van der Waals surface area contributed by atoms with Crippen molar-refractivity contribution in [2.24, 2.45) is 0 Å². The Morgan fingerprint density at radius 2 is 2.21 bits per heavy atom. The third-order valence-electron chi connectivity index (χ3n) is 3.12. The van der Waals surface area contributed by atoms with Crippen molar-refractivity contribution in [1.29, 1.82) is 0 Å². The summed E-state index contributed by atoms with van der Waals surface area (Å²) >= 11 is 0. The first-order valence-electron chi connectivity index (χ1n) is 5.95. The largest absolute Gasteiger partial charge is 0.306 e. The van der Waals surface area contributed by atoms with Gasteiger partial charge >= 0.3 is 0 Å². The van der Waals surface area contributed by atoms with Gasteiger partial charge in [0.25, 0.3) is 0 Å². The maximum atomic E-state index is 12.2. The SMILES string of the molecule is C=CCN1C(=O)C(C)S(=O)c2ccc(C(C)=O)cc21. The van der Waals surface area contributed by atoms with Crippen LogP contribution in [0.15, 0.2) is 35.7 Å². The van der Waals surface area contributed by atoms with Gasteiger partial charge in [-0.2, -0.15) is 0 Å². The Balaban J connectivity index is 2.62. The molecule has 1 heterocycles. The Kier molecular flexibility index (Phi) is 3.66. The molecule has 1 aliphatic rings. The lowest BCUT2D eigenvalue weighted by molar-refractivity contribution is -0.117. The van der Waals surface area contributed by atoms with Crippen LogP contribution in [0.25, 0.3) is 0 Å². The Morgan fingerprint density at radius 3 is 2.79 bits per heavy atom. The van der Waals surface area contributed by atoms with Crippen LogP contribution in [-0.4, -0.2) is 27.7 Å². The highest BCUT2D eigenvalue weighted by molar-refractivity contribution is 7.86. The highest BCUT2D eigenvalue weighted by Crippen LogP contribution is 2.33. The summed E-state index contributed by atoms with van der Waals surface area (Å²) in [5.74, 6) is -0.287. The lowest BCUT2D eigenvalue weighted by Crippen LogP contribution is -2.44. The highest BCUT2D eigenvalue weighted by atomic mass is 32.2. The van der Waals surface area contributed by atoms with Crippen molar-refractivity contribution in [3.63, 3.8) is 0 Å². The molecule has 0 aromatic heterocycles. The van der Waals surface area contributed by atoms with Crippen molar-refractivity contribution in [3.8, 4) is 0 Å². The molecule has 0 fully saturated rings. The van der Waals surface area contributed by atoms with Crippen LogP contribution < -0.4 is 4.90 Å². The minimum absolute atomic E-state index is 0.0850. The number of hydrogen-bond acceptors (Lipinski definition) is 3. The van der Waals surface area contributed by atoms with Gasteiger partial charge in [0.05, 0.1) is 21.4 Å². The Labute approximate surface area is 114 Å². The van der Waals surface area contributed by atoms with Crippen LogP contribution in [0, 0.1) is 0 Å². The molecule has 0 N–H and O–H groups in total. The second-order valence-corrected chi connectivity index (χ2v) is 6.16. The number of amides is 1. The summed E-state index contributed by atoms with van der Waals surface area (Å²) < 4.78 is 12.2. The minimum atomic E-state index is -1.37. The van der Waals surface area contributed by atoms with Crippen molar-refractivity contribution in [3.05, 3.63) is 36.4 Å². The Bertz CT molecular complexity index is 594. The van der Waals surface area contributed by atoms with E-state index < -0.39 is 16.0 Å². The number of anilines is 1. The maximum Gasteiger partial charge on any atom is 0.243 e. The van der Waals surface area contributed by atoms with Crippen LogP contribution in [0.4, 0.5) is 5.69 Å². The van der Waals surface area contributed by atoms with Crippen LogP contribution in [-0.2, 0) is 15.6 Å². The quantitative estimate of drug-likeness (QED) is 0.626. The van der Waals surface area contributed by atoms with E-state index in [0.29, 0.717) is 22.7 Å². The summed E-state index contributed by atoms with van der Waals surface area (Å²) in [7, 11) is -1.37. The monoisotopic (exact) mass is 277 g/mol. The van der Waals surface area contributed by atoms with E-state index in [4.69, 9.17) is 0 Å². The second kappa shape index (κ2) is 5.09. The van der Waals surface area contributed by atoms with Gasteiger partial charge < -0.3 is 4.90 Å². The fourth-order valence-corrected chi connectivity index (χ4v) is 3.32. The van der Waals surface area contributed by atoms with Gasteiger partial charge in [-0.05, 0) is 26.0 Å². The van der Waals surface area contributed by atoms with Gasteiger partial charge in [-0.15, -0.1) is 6.58 Å². The standard InChI is InChI=1S/C14H15NO3S/c1-4-7-15-12-8-11(9(2)16)5-6-13(12)19(18)10(3)14(15)17/h4-6,8,10H,1,7H2,2-3H3. The summed E-state index contributed by atoms with van der Waals surface area (Å²) in [6.45, 7) is 7.08. The van der Waals surface area contributed by atoms with Gasteiger partial charge in [-0.25, -0.2) is 0 Å². The molecule has 0 bridgehead atoms. The molecule has 1 amide bonds. The summed E-state index contributed by atoms with van der Waals surface area (Å²) in [5, 5.41) is -0.573. The maximum absolute atomic E-state index is 12.2. The number of carbonyl (C=O) groups excluding carboxylic acids is 2. The van der Waals surface area contributed by atoms with Crippen molar-refractivity contribution in [2.75, 3.05) is 11.4 Å². The van der Waals surface area contributed by atoms with E-state index in [1.165, 1.54) is 11.8 Å². The number of carbonyl (C=O) groups is 2. The first-order chi connectivity index (χ1) is 8.97. The Hall–Kier alpha value is -1.75. The summed E-state index contributed by atoms with van der Waals surface area (Å²) in [5.41, 5.74) is 1.06. The fraction of sp³-hybridized carbons (Fsp3) is 0.286. The molecule has 2 rings (SSSR count). The average Bonchev–Trinajstić information content (AvgIpc) is 2.40. The van der Waals surface area contributed by atoms with Gasteiger partial charge in [0, 0.05) is 12.1 Å². The van der Waals surface area contributed by atoms with Crippen molar-refractivity contribution in [2.45, 2.75) is 24.0 Å². The number of Topliss-reactive ketones (excluding diaryl/α,β-unsaturated/α-hetero) is 1. The minimum Gasteiger partial charge on any atom is -0.306 e. The third-order valence-corrected chi connectivity index (χ3v) is 4.74. The number of fused-ring (bicyclic) bond motifs is 1. The zero-order valence-corrected chi connectivity index (χ0v) is 11.7. The first kappa shape index (κ1) is 13.7. The smallest absolute Gasteiger partial charge is 0.243 e. The van der Waals surface area contributed by atoms with Crippen molar-refractivity contribution >= 4 is 28.2 Å². The number of ketones is 1. The molecule has 1 aromatic rings. The summed E-state index contributed by atoms with van der Waals surface area (Å²) in [6.07, 6.45) is 1.61. The van der Waals surface area contributed by atoms with Crippen LogP contribution in [0.1, 0.15) is 24.2 Å². The van der Waals surface area contributed by atoms with Gasteiger partial charge in [0.1, 0.15) is 5.25 Å². The lowest BCUT2D eigenvalue weighted by atomic mass is 10.1. The van der Waals surface area contributed by atoms with Crippen LogP contribution in [0.2, 0.25) is 0 Å². The van der Waals surface area contributed by atoms with Crippen molar-refractivity contribution in [1.82, 2.24) is 0 Å². The molecule has 100 valence electrons. The van der Waals surface area contributed by atoms with E-state index in [1.54, 1.807) is 31.2 Å². The predicted octanol–water partition coefficient (Wildman–Crippen LogP) is 1.92. The molecular weight excluding hydrogens is 262 g/mol. The second-order valence-electron chi connectivity index (χ2n) is 4.42. The molecule has 2 atom stereocenters. The molecule has 19 heavy (non-hydrogen) atoms. The van der Waals surface area contributed by atoms with E-state index in [1.807, 2.05) is 0 Å². The van der Waals surface area contributed by atoms with E-state index in [9.17, 15) is 13.8 Å². The number of rotatable bonds is 3. The van der Waals surface area contributed by atoms with E-state index in [2.05, 4.69) is 6.58 Å². The molecule has 1 aromatic carbocycles. The molecule has 0 saturated carbocycles. The molecular formula is C14H15NO3S. The Morgan fingerprint density at radius 1 is 1.53 bits per heavy atom. The number of hydrogen-bond donors (Lipinski definition) is 0. The molecule has 1 aliphatic heterocycles. The average molecular weight is 277 g/mol. The lowest BCUT2D eigenvalue weighted by Gasteiger charge is -2.31.